The van der Waals surface area contributed by atoms with Crippen molar-refractivity contribution in [2.24, 2.45) is 11.3 Å². The standard InChI is InChI=1S/C19H30N2O2/c1-20(2)18(22)13-16-3-6-19(7-4-16)8-10-21(11-9-19)14-17-5-12-23-15-17/h5,12,15-16H,3-4,6-11,13-14H2,1-2H3. The molecular weight excluding hydrogens is 288 g/mol. The summed E-state index contributed by atoms with van der Waals surface area (Å²) in [4.78, 5) is 16.2. The number of amides is 1. The van der Waals surface area contributed by atoms with Crippen LogP contribution in [0, 0.1) is 11.3 Å². The maximum Gasteiger partial charge on any atom is 0.222 e. The molecule has 0 radical (unpaired) electrons. The van der Waals surface area contributed by atoms with E-state index in [1.165, 1.54) is 57.2 Å². The van der Waals surface area contributed by atoms with E-state index in [-0.39, 0.29) is 0 Å². The summed E-state index contributed by atoms with van der Waals surface area (Å²) in [5.74, 6) is 0.903. The summed E-state index contributed by atoms with van der Waals surface area (Å²) >= 11 is 0. The minimum Gasteiger partial charge on any atom is -0.472 e. The zero-order chi connectivity index (χ0) is 16.3. The molecule has 0 bridgehead atoms. The predicted molar refractivity (Wildman–Crippen MR) is 90.9 cm³/mol. The van der Waals surface area contributed by atoms with Gasteiger partial charge >= 0.3 is 0 Å². The average molecular weight is 318 g/mol. The van der Waals surface area contributed by atoms with Crippen LogP contribution in [0.1, 0.15) is 50.5 Å². The quantitative estimate of drug-likeness (QED) is 0.852. The first kappa shape index (κ1) is 16.6. The third kappa shape index (κ3) is 4.17. The number of hydrogen-bond acceptors (Lipinski definition) is 3. The molecule has 2 fully saturated rings. The number of hydrogen-bond donors (Lipinski definition) is 0. The molecule has 1 aliphatic carbocycles. The van der Waals surface area contributed by atoms with Gasteiger partial charge in [-0.25, -0.2) is 0 Å². The van der Waals surface area contributed by atoms with Gasteiger partial charge in [-0.05, 0) is 69.0 Å². The Bertz CT molecular complexity index is 491. The molecule has 1 saturated carbocycles. The first-order valence-electron chi connectivity index (χ1n) is 9.00. The van der Waals surface area contributed by atoms with Crippen LogP contribution in [-0.2, 0) is 11.3 Å². The second-order valence-corrected chi connectivity index (χ2v) is 7.84. The Labute approximate surface area is 139 Å². The predicted octanol–water partition coefficient (Wildman–Crippen LogP) is 3.53. The monoisotopic (exact) mass is 318 g/mol. The molecular formula is C19H30N2O2. The number of carbonyl (C=O) groups is 1. The van der Waals surface area contributed by atoms with Crippen LogP contribution in [-0.4, -0.2) is 42.9 Å². The second kappa shape index (κ2) is 7.08. The van der Waals surface area contributed by atoms with Gasteiger partial charge in [-0.3, -0.25) is 9.69 Å². The molecule has 4 heteroatoms. The highest BCUT2D eigenvalue weighted by Gasteiger charge is 2.38. The summed E-state index contributed by atoms with van der Waals surface area (Å²) < 4.78 is 5.17. The molecule has 2 aliphatic rings. The minimum atomic E-state index is 0.292. The first-order valence-corrected chi connectivity index (χ1v) is 9.00. The highest BCUT2D eigenvalue weighted by Crippen LogP contribution is 2.47. The van der Waals surface area contributed by atoms with E-state index in [2.05, 4.69) is 11.0 Å². The number of furan rings is 1. The molecule has 1 aliphatic heterocycles. The summed E-state index contributed by atoms with van der Waals surface area (Å²) in [6.07, 6.45) is 12.1. The fraction of sp³-hybridized carbons (Fsp3) is 0.737. The molecule has 2 heterocycles. The Balaban J connectivity index is 1.44. The third-order valence-electron chi connectivity index (χ3n) is 6.03. The molecule has 1 spiro atoms. The fourth-order valence-electron chi connectivity index (χ4n) is 4.25. The zero-order valence-electron chi connectivity index (χ0n) is 14.6. The topological polar surface area (TPSA) is 36.7 Å². The van der Waals surface area contributed by atoms with Crippen molar-refractivity contribution >= 4 is 5.91 Å². The molecule has 1 aromatic heterocycles. The molecule has 0 atom stereocenters. The van der Waals surface area contributed by atoms with Crippen LogP contribution >= 0.6 is 0 Å². The molecule has 128 valence electrons. The van der Waals surface area contributed by atoms with Crippen molar-refractivity contribution in [3.8, 4) is 0 Å². The number of likely N-dealkylation sites (tertiary alicyclic amines) is 1. The zero-order valence-corrected chi connectivity index (χ0v) is 14.6. The van der Waals surface area contributed by atoms with Crippen molar-refractivity contribution in [2.75, 3.05) is 27.2 Å². The van der Waals surface area contributed by atoms with Crippen molar-refractivity contribution in [1.29, 1.82) is 0 Å². The normalized spacial score (nSPS) is 22.3. The maximum atomic E-state index is 11.9. The van der Waals surface area contributed by atoms with Crippen molar-refractivity contribution < 1.29 is 9.21 Å². The van der Waals surface area contributed by atoms with Crippen molar-refractivity contribution in [3.63, 3.8) is 0 Å². The second-order valence-electron chi connectivity index (χ2n) is 7.84. The van der Waals surface area contributed by atoms with E-state index in [1.807, 2.05) is 20.4 Å². The number of piperidine rings is 1. The van der Waals surface area contributed by atoms with E-state index in [0.717, 1.165) is 13.0 Å². The summed E-state index contributed by atoms with van der Waals surface area (Å²) in [7, 11) is 3.73. The molecule has 1 aromatic rings. The Hall–Kier alpha value is -1.29. The van der Waals surface area contributed by atoms with Gasteiger partial charge in [0.15, 0.2) is 0 Å². The van der Waals surface area contributed by atoms with Crippen LogP contribution in [0.25, 0.3) is 0 Å². The van der Waals surface area contributed by atoms with Gasteiger partial charge < -0.3 is 9.32 Å². The molecule has 0 N–H and O–H groups in total. The summed E-state index contributed by atoms with van der Waals surface area (Å²) in [5, 5.41) is 0. The molecule has 1 saturated heterocycles. The van der Waals surface area contributed by atoms with Crippen LogP contribution < -0.4 is 0 Å². The van der Waals surface area contributed by atoms with Gasteiger partial charge in [-0.15, -0.1) is 0 Å². The lowest BCUT2D eigenvalue weighted by Crippen LogP contribution is -2.41. The van der Waals surface area contributed by atoms with E-state index < -0.39 is 0 Å². The third-order valence-corrected chi connectivity index (χ3v) is 6.03. The van der Waals surface area contributed by atoms with Gasteiger partial charge in [0, 0.05) is 32.6 Å². The van der Waals surface area contributed by atoms with E-state index in [4.69, 9.17) is 4.42 Å². The summed E-state index contributed by atoms with van der Waals surface area (Å²) in [6.45, 7) is 3.42. The summed E-state index contributed by atoms with van der Waals surface area (Å²) in [6, 6.07) is 2.07. The Morgan fingerprint density at radius 2 is 1.96 bits per heavy atom. The van der Waals surface area contributed by atoms with Gasteiger partial charge in [0.05, 0.1) is 12.5 Å². The smallest absolute Gasteiger partial charge is 0.222 e. The van der Waals surface area contributed by atoms with E-state index >= 15 is 0 Å². The van der Waals surface area contributed by atoms with Gasteiger partial charge in [0.2, 0.25) is 5.91 Å². The SMILES string of the molecule is CN(C)C(=O)CC1CCC2(CC1)CCN(Cc1ccoc1)CC2. The molecule has 0 unspecified atom stereocenters. The number of carbonyl (C=O) groups excluding carboxylic acids is 1. The minimum absolute atomic E-state index is 0.292. The van der Waals surface area contributed by atoms with Gasteiger partial charge in [-0.2, -0.15) is 0 Å². The van der Waals surface area contributed by atoms with Crippen LogP contribution in [0.3, 0.4) is 0 Å². The molecule has 1 amide bonds. The fourth-order valence-corrected chi connectivity index (χ4v) is 4.25. The van der Waals surface area contributed by atoms with E-state index in [9.17, 15) is 4.79 Å². The maximum absolute atomic E-state index is 11.9. The van der Waals surface area contributed by atoms with Crippen molar-refractivity contribution in [3.05, 3.63) is 24.2 Å². The van der Waals surface area contributed by atoms with Crippen molar-refractivity contribution in [1.82, 2.24) is 9.80 Å². The molecule has 0 aromatic carbocycles. The van der Waals surface area contributed by atoms with Gasteiger partial charge in [0.25, 0.3) is 0 Å². The highest BCUT2D eigenvalue weighted by molar-refractivity contribution is 5.75. The van der Waals surface area contributed by atoms with Gasteiger partial charge in [0.1, 0.15) is 0 Å². The Morgan fingerprint density at radius 1 is 1.26 bits per heavy atom. The van der Waals surface area contributed by atoms with E-state index in [0.29, 0.717) is 17.2 Å². The highest BCUT2D eigenvalue weighted by atomic mass is 16.3. The van der Waals surface area contributed by atoms with Gasteiger partial charge in [-0.1, -0.05) is 0 Å². The number of rotatable bonds is 4. The van der Waals surface area contributed by atoms with Crippen LogP contribution in [0.2, 0.25) is 0 Å². The Kier molecular flexibility index (Phi) is 5.10. The Morgan fingerprint density at radius 3 is 2.52 bits per heavy atom. The van der Waals surface area contributed by atoms with Crippen LogP contribution in [0.4, 0.5) is 0 Å². The van der Waals surface area contributed by atoms with E-state index in [1.54, 1.807) is 11.2 Å². The molecule has 23 heavy (non-hydrogen) atoms. The molecule has 3 rings (SSSR count). The van der Waals surface area contributed by atoms with Crippen molar-refractivity contribution in [2.45, 2.75) is 51.5 Å². The lowest BCUT2D eigenvalue weighted by atomic mass is 9.65. The lowest BCUT2D eigenvalue weighted by Gasteiger charge is -2.46. The lowest BCUT2D eigenvalue weighted by molar-refractivity contribution is -0.130. The largest absolute Gasteiger partial charge is 0.472 e. The number of nitrogens with zero attached hydrogens (tertiary/aromatic N) is 2. The first-order chi connectivity index (χ1) is 11.1. The van der Waals surface area contributed by atoms with Crippen LogP contribution in [0.15, 0.2) is 23.0 Å². The summed E-state index contributed by atoms with van der Waals surface area (Å²) in [5.41, 5.74) is 1.84. The molecule has 4 nitrogen and oxygen atoms in total. The van der Waals surface area contributed by atoms with Crippen LogP contribution in [0.5, 0.6) is 0 Å². The average Bonchev–Trinajstić information content (AvgIpc) is 3.05.